The number of nitrogens with zero attached hydrogens (tertiary/aromatic N) is 2. The van der Waals surface area contributed by atoms with Crippen molar-refractivity contribution in [3.63, 3.8) is 0 Å². The number of halogens is 2. The molecule has 0 saturated carbocycles. The van der Waals surface area contributed by atoms with E-state index in [0.717, 1.165) is 0 Å². The molecule has 0 radical (unpaired) electrons. The van der Waals surface area contributed by atoms with Crippen LogP contribution in [0, 0.1) is 11.6 Å². The number of nitrogens with one attached hydrogen (secondary N) is 1. The number of hydrogen-bond donors (Lipinski definition) is 1. The lowest BCUT2D eigenvalue weighted by atomic mass is 10.2. The largest absolute Gasteiger partial charge is 0.497 e. The summed E-state index contributed by atoms with van der Waals surface area (Å²) in [6.45, 7) is 0.265. The number of benzene rings is 3. The lowest BCUT2D eigenvalue weighted by Gasteiger charge is -2.08. The van der Waals surface area contributed by atoms with Crippen LogP contribution in [0.4, 0.5) is 14.5 Å². The van der Waals surface area contributed by atoms with Crippen molar-refractivity contribution in [3.05, 3.63) is 107 Å². The molecule has 0 unspecified atom stereocenters. The summed E-state index contributed by atoms with van der Waals surface area (Å²) < 4.78 is 39.4. The van der Waals surface area contributed by atoms with Crippen LogP contribution in [0.2, 0.25) is 0 Å². The van der Waals surface area contributed by atoms with E-state index in [-0.39, 0.29) is 36.2 Å². The fourth-order valence-corrected chi connectivity index (χ4v) is 3.22. The summed E-state index contributed by atoms with van der Waals surface area (Å²) in [7, 11) is 1.56. The maximum Gasteiger partial charge on any atom is 0.262 e. The summed E-state index contributed by atoms with van der Waals surface area (Å²) in [4.78, 5) is 13.0. The van der Waals surface area contributed by atoms with Gasteiger partial charge in [0, 0.05) is 11.9 Å². The van der Waals surface area contributed by atoms with Crippen molar-refractivity contribution in [3.8, 4) is 11.6 Å². The van der Waals surface area contributed by atoms with E-state index in [1.54, 1.807) is 55.6 Å². The third-order valence-corrected chi connectivity index (χ3v) is 4.82. The van der Waals surface area contributed by atoms with E-state index in [1.807, 2.05) is 0 Å². The third kappa shape index (κ3) is 5.74. The molecular weight excluding hydrogens is 428 g/mol. The van der Waals surface area contributed by atoms with Crippen molar-refractivity contribution < 1.29 is 23.0 Å². The highest BCUT2D eigenvalue weighted by atomic mass is 19.1. The Labute approximate surface area is 189 Å². The zero-order valence-electron chi connectivity index (χ0n) is 17.8. The molecule has 0 saturated heterocycles. The van der Waals surface area contributed by atoms with Gasteiger partial charge in [0.05, 0.1) is 13.7 Å². The van der Waals surface area contributed by atoms with Gasteiger partial charge in [-0.2, -0.15) is 0 Å². The first-order valence-electron chi connectivity index (χ1n) is 10.1. The fraction of sp³-hybridized carbons (Fsp3) is 0.120. The predicted octanol–water partition coefficient (Wildman–Crippen LogP) is 5.05. The van der Waals surface area contributed by atoms with Gasteiger partial charge in [-0.15, -0.1) is 5.10 Å². The van der Waals surface area contributed by atoms with E-state index < -0.39 is 5.91 Å². The molecule has 4 aromatic rings. The summed E-state index contributed by atoms with van der Waals surface area (Å²) in [6, 6.07) is 19.0. The minimum Gasteiger partial charge on any atom is -0.497 e. The Bertz CT molecular complexity index is 1260. The van der Waals surface area contributed by atoms with E-state index in [1.165, 1.54) is 35.1 Å². The molecule has 1 amide bonds. The molecule has 8 heteroatoms. The summed E-state index contributed by atoms with van der Waals surface area (Å²) >= 11 is 0. The van der Waals surface area contributed by atoms with Crippen molar-refractivity contribution in [2.45, 2.75) is 13.2 Å². The van der Waals surface area contributed by atoms with Crippen LogP contribution in [0.15, 0.2) is 79.0 Å². The Morgan fingerprint density at radius 1 is 0.970 bits per heavy atom. The average Bonchev–Trinajstić information content (AvgIpc) is 3.21. The van der Waals surface area contributed by atoms with Crippen molar-refractivity contribution in [2.24, 2.45) is 0 Å². The molecule has 0 spiro atoms. The number of hydrogen-bond acceptors (Lipinski definition) is 4. The van der Waals surface area contributed by atoms with Crippen LogP contribution in [0.3, 0.4) is 0 Å². The minimum atomic E-state index is -0.431. The van der Waals surface area contributed by atoms with E-state index >= 15 is 0 Å². The zero-order valence-corrected chi connectivity index (χ0v) is 17.8. The first-order chi connectivity index (χ1) is 16.0. The van der Waals surface area contributed by atoms with Crippen LogP contribution in [-0.4, -0.2) is 22.8 Å². The monoisotopic (exact) mass is 449 g/mol. The van der Waals surface area contributed by atoms with E-state index in [4.69, 9.17) is 9.47 Å². The lowest BCUT2D eigenvalue weighted by Crippen LogP contribution is -2.12. The second kappa shape index (κ2) is 9.95. The first-order valence-corrected chi connectivity index (χ1v) is 10.1. The van der Waals surface area contributed by atoms with Crippen molar-refractivity contribution in [2.75, 3.05) is 12.4 Å². The number of aromatic nitrogens is 2. The Morgan fingerprint density at radius 3 is 2.30 bits per heavy atom. The molecule has 1 aromatic heterocycles. The molecule has 1 heterocycles. The minimum absolute atomic E-state index is 0.0254. The number of carbonyl (C=O) groups is 1. The zero-order chi connectivity index (χ0) is 23.2. The molecular formula is C25H21F2N3O3. The molecule has 0 aliphatic heterocycles. The van der Waals surface area contributed by atoms with Gasteiger partial charge in [-0.25, -0.2) is 8.78 Å². The van der Waals surface area contributed by atoms with Gasteiger partial charge in [0.2, 0.25) is 5.88 Å². The summed E-state index contributed by atoms with van der Waals surface area (Å²) in [5.41, 5.74) is 2.03. The van der Waals surface area contributed by atoms with Gasteiger partial charge in [0.1, 0.15) is 29.6 Å². The van der Waals surface area contributed by atoms with E-state index in [0.29, 0.717) is 22.6 Å². The molecule has 0 atom stereocenters. The quantitative estimate of drug-likeness (QED) is 0.409. The molecule has 0 bridgehead atoms. The molecule has 6 nitrogen and oxygen atoms in total. The SMILES string of the molecule is COc1ccc(NC(=O)c2cn(Cc3cccc(F)c3)nc2OCc2cccc(F)c2)cc1. The Kier molecular flexibility index (Phi) is 6.64. The standard InChI is InChI=1S/C25H21F2N3O3/c1-32-22-10-8-21(9-11-22)28-24(31)23-15-30(14-17-4-2-6-19(26)12-17)29-25(23)33-16-18-5-3-7-20(27)13-18/h2-13,15H,14,16H2,1H3,(H,28,31). The van der Waals surface area contributed by atoms with Gasteiger partial charge in [-0.05, 0) is 59.7 Å². The topological polar surface area (TPSA) is 65.4 Å². The molecule has 0 aliphatic rings. The van der Waals surface area contributed by atoms with Gasteiger partial charge in [0.25, 0.3) is 5.91 Å². The maximum absolute atomic E-state index is 13.6. The second-order valence-electron chi connectivity index (χ2n) is 7.28. The van der Waals surface area contributed by atoms with Gasteiger partial charge >= 0.3 is 0 Å². The predicted molar refractivity (Wildman–Crippen MR) is 119 cm³/mol. The molecule has 0 aliphatic carbocycles. The van der Waals surface area contributed by atoms with Gasteiger partial charge in [0.15, 0.2) is 0 Å². The molecule has 1 N–H and O–H groups in total. The van der Waals surface area contributed by atoms with Crippen molar-refractivity contribution in [1.82, 2.24) is 9.78 Å². The first kappa shape index (κ1) is 22.0. The van der Waals surface area contributed by atoms with Crippen LogP contribution in [0.1, 0.15) is 21.5 Å². The number of methoxy groups -OCH3 is 1. The molecule has 3 aromatic carbocycles. The normalized spacial score (nSPS) is 10.6. The third-order valence-electron chi connectivity index (χ3n) is 4.82. The highest BCUT2D eigenvalue weighted by Gasteiger charge is 2.19. The van der Waals surface area contributed by atoms with E-state index in [2.05, 4.69) is 10.4 Å². The number of ether oxygens (including phenoxy) is 2. The highest BCUT2D eigenvalue weighted by molar-refractivity contribution is 6.05. The molecule has 168 valence electrons. The fourth-order valence-electron chi connectivity index (χ4n) is 3.22. The Morgan fingerprint density at radius 2 is 1.64 bits per heavy atom. The van der Waals surface area contributed by atoms with Gasteiger partial charge in [-0.1, -0.05) is 24.3 Å². The summed E-state index contributed by atoms with van der Waals surface area (Å²) in [5, 5.41) is 7.16. The summed E-state index contributed by atoms with van der Waals surface area (Å²) in [5.74, 6) is -0.429. The lowest BCUT2D eigenvalue weighted by molar-refractivity contribution is 0.102. The number of anilines is 1. The van der Waals surface area contributed by atoms with Gasteiger partial charge < -0.3 is 14.8 Å². The molecule has 0 fully saturated rings. The second-order valence-corrected chi connectivity index (χ2v) is 7.28. The smallest absolute Gasteiger partial charge is 0.262 e. The van der Waals surface area contributed by atoms with E-state index in [9.17, 15) is 13.6 Å². The number of carbonyl (C=O) groups excluding carboxylic acids is 1. The van der Waals surface area contributed by atoms with Crippen LogP contribution >= 0.6 is 0 Å². The van der Waals surface area contributed by atoms with Gasteiger partial charge in [-0.3, -0.25) is 9.48 Å². The Balaban J connectivity index is 1.57. The highest BCUT2D eigenvalue weighted by Crippen LogP contribution is 2.22. The van der Waals surface area contributed by atoms with Crippen LogP contribution in [-0.2, 0) is 13.2 Å². The van der Waals surface area contributed by atoms with Crippen molar-refractivity contribution >= 4 is 11.6 Å². The number of amides is 1. The summed E-state index contributed by atoms with van der Waals surface area (Å²) in [6.07, 6.45) is 1.53. The molecule has 4 rings (SSSR count). The average molecular weight is 449 g/mol. The molecule has 33 heavy (non-hydrogen) atoms. The van der Waals surface area contributed by atoms with Crippen molar-refractivity contribution in [1.29, 1.82) is 0 Å². The van der Waals surface area contributed by atoms with Crippen LogP contribution in [0.5, 0.6) is 11.6 Å². The Hall–Kier alpha value is -4.20. The maximum atomic E-state index is 13.6. The van der Waals surface area contributed by atoms with Crippen LogP contribution in [0.25, 0.3) is 0 Å². The van der Waals surface area contributed by atoms with Crippen LogP contribution < -0.4 is 14.8 Å². The number of rotatable bonds is 8.